The predicted molar refractivity (Wildman–Crippen MR) is 107 cm³/mol. The van der Waals surface area contributed by atoms with Crippen LogP contribution in [0.3, 0.4) is 0 Å². The van der Waals surface area contributed by atoms with Crippen molar-refractivity contribution in [3.05, 3.63) is 53.3 Å². The summed E-state index contributed by atoms with van der Waals surface area (Å²) in [4.78, 5) is 20.4. The zero-order valence-electron chi connectivity index (χ0n) is 16.3. The van der Waals surface area contributed by atoms with Crippen molar-refractivity contribution in [2.24, 2.45) is 13.0 Å². The Morgan fingerprint density at radius 3 is 2.68 bits per heavy atom. The van der Waals surface area contributed by atoms with Crippen LogP contribution in [0.5, 0.6) is 5.88 Å². The molecule has 0 unspecified atom stereocenters. The van der Waals surface area contributed by atoms with Gasteiger partial charge in [0.25, 0.3) is 0 Å². The van der Waals surface area contributed by atoms with Gasteiger partial charge in [-0.15, -0.1) is 0 Å². The number of ether oxygens (including phenoxy) is 1. The van der Waals surface area contributed by atoms with Gasteiger partial charge in [0.15, 0.2) is 5.65 Å². The number of hydrogen-bond donors (Lipinski definition) is 1. The lowest BCUT2D eigenvalue weighted by molar-refractivity contribution is -0.143. The number of carbonyl (C=O) groups is 1. The number of carboxylic acid groups (broad SMARTS) is 1. The Hall–Kier alpha value is -2.89. The Balaban J connectivity index is 1.49. The van der Waals surface area contributed by atoms with Crippen molar-refractivity contribution in [3.8, 4) is 5.88 Å². The van der Waals surface area contributed by atoms with E-state index in [1.165, 1.54) is 11.1 Å². The second kappa shape index (κ2) is 7.62. The number of aliphatic carboxylic acids is 1. The van der Waals surface area contributed by atoms with E-state index in [4.69, 9.17) is 14.8 Å². The molecule has 0 atom stereocenters. The van der Waals surface area contributed by atoms with Gasteiger partial charge in [0.2, 0.25) is 5.88 Å². The van der Waals surface area contributed by atoms with Gasteiger partial charge in [0.1, 0.15) is 11.9 Å². The number of imidazole rings is 1. The first-order valence-corrected chi connectivity index (χ1v) is 9.77. The molecule has 2 heterocycles. The third-order valence-electron chi connectivity index (χ3n) is 5.57. The Labute approximate surface area is 164 Å². The number of rotatable bonds is 5. The Morgan fingerprint density at radius 2 is 1.96 bits per heavy atom. The van der Waals surface area contributed by atoms with Crippen LogP contribution in [0.25, 0.3) is 11.2 Å². The van der Waals surface area contributed by atoms with Crippen molar-refractivity contribution >= 4 is 17.1 Å². The minimum absolute atomic E-state index is 0.0241. The van der Waals surface area contributed by atoms with Gasteiger partial charge in [-0.05, 0) is 44.2 Å². The quantitative estimate of drug-likeness (QED) is 0.728. The smallest absolute Gasteiger partial charge is 0.306 e. The van der Waals surface area contributed by atoms with Crippen molar-refractivity contribution in [2.75, 3.05) is 0 Å². The first-order valence-electron chi connectivity index (χ1n) is 9.77. The van der Waals surface area contributed by atoms with Crippen LogP contribution in [-0.4, -0.2) is 31.7 Å². The van der Waals surface area contributed by atoms with Crippen molar-refractivity contribution in [2.45, 2.75) is 45.1 Å². The van der Waals surface area contributed by atoms with Crippen molar-refractivity contribution in [1.82, 2.24) is 14.5 Å². The van der Waals surface area contributed by atoms with E-state index in [0.717, 1.165) is 30.6 Å². The molecule has 28 heavy (non-hydrogen) atoms. The Bertz CT molecular complexity index is 1000. The standard InChI is InChI=1S/C22H25N3O3/c1-14-4-3-5-15(12-14)13-19-23-21-18(25(19)2)10-11-20(24-21)28-17-8-6-16(7-9-17)22(26)27/h3-5,10-12,16-17H,6-9,13H2,1-2H3,(H,26,27)/t16-,17+. The van der Waals surface area contributed by atoms with Gasteiger partial charge >= 0.3 is 5.97 Å². The molecular weight excluding hydrogens is 354 g/mol. The van der Waals surface area contributed by atoms with Crippen molar-refractivity contribution in [1.29, 1.82) is 0 Å². The fourth-order valence-electron chi connectivity index (χ4n) is 3.93. The number of pyridine rings is 1. The molecule has 4 rings (SSSR count). The van der Waals surface area contributed by atoms with Gasteiger partial charge in [-0.2, -0.15) is 4.98 Å². The van der Waals surface area contributed by atoms with E-state index < -0.39 is 5.97 Å². The molecule has 1 saturated carbocycles. The van der Waals surface area contributed by atoms with Gasteiger partial charge in [0.05, 0.1) is 11.4 Å². The van der Waals surface area contributed by atoms with Gasteiger partial charge < -0.3 is 14.4 Å². The molecule has 0 amide bonds. The molecule has 6 nitrogen and oxygen atoms in total. The van der Waals surface area contributed by atoms with E-state index in [9.17, 15) is 4.79 Å². The number of carboxylic acids is 1. The fourth-order valence-corrected chi connectivity index (χ4v) is 3.93. The average Bonchev–Trinajstić information content (AvgIpc) is 2.97. The number of fused-ring (bicyclic) bond motifs is 1. The molecule has 1 aliphatic rings. The van der Waals surface area contributed by atoms with Crippen LogP contribution < -0.4 is 4.74 Å². The maximum atomic E-state index is 11.1. The van der Waals surface area contributed by atoms with Crippen LogP contribution in [-0.2, 0) is 18.3 Å². The number of nitrogens with zero attached hydrogens (tertiary/aromatic N) is 3. The summed E-state index contributed by atoms with van der Waals surface area (Å²) in [5.41, 5.74) is 4.12. The molecule has 0 saturated heterocycles. The molecule has 6 heteroatoms. The van der Waals surface area contributed by atoms with Crippen LogP contribution in [0, 0.1) is 12.8 Å². The molecule has 0 bridgehead atoms. The topological polar surface area (TPSA) is 77.2 Å². The zero-order valence-corrected chi connectivity index (χ0v) is 16.3. The third-order valence-corrected chi connectivity index (χ3v) is 5.57. The highest BCUT2D eigenvalue weighted by Crippen LogP contribution is 2.28. The molecule has 2 aromatic heterocycles. The molecule has 1 fully saturated rings. The Morgan fingerprint density at radius 1 is 1.18 bits per heavy atom. The highest BCUT2D eigenvalue weighted by Gasteiger charge is 2.27. The molecule has 1 N–H and O–H groups in total. The lowest BCUT2D eigenvalue weighted by atomic mass is 9.87. The average molecular weight is 379 g/mol. The first kappa shape index (κ1) is 18.5. The summed E-state index contributed by atoms with van der Waals surface area (Å²) in [5, 5.41) is 9.12. The maximum Gasteiger partial charge on any atom is 0.306 e. The molecular formula is C22H25N3O3. The summed E-state index contributed by atoms with van der Waals surface area (Å²) in [6, 6.07) is 12.3. The van der Waals surface area contributed by atoms with E-state index in [-0.39, 0.29) is 12.0 Å². The van der Waals surface area contributed by atoms with Gasteiger partial charge in [-0.3, -0.25) is 4.79 Å². The minimum Gasteiger partial charge on any atom is -0.481 e. The number of aromatic nitrogens is 3. The predicted octanol–water partition coefficient (Wildman–Crippen LogP) is 3.89. The monoisotopic (exact) mass is 379 g/mol. The van der Waals surface area contributed by atoms with Crippen LogP contribution in [0.2, 0.25) is 0 Å². The van der Waals surface area contributed by atoms with Crippen LogP contribution in [0.15, 0.2) is 36.4 Å². The second-order valence-electron chi connectivity index (χ2n) is 7.67. The maximum absolute atomic E-state index is 11.1. The summed E-state index contributed by atoms with van der Waals surface area (Å²) in [5.74, 6) is 0.585. The lowest BCUT2D eigenvalue weighted by Crippen LogP contribution is -2.28. The Kier molecular flexibility index (Phi) is 5.03. The summed E-state index contributed by atoms with van der Waals surface area (Å²) in [6.45, 7) is 2.09. The summed E-state index contributed by atoms with van der Waals surface area (Å²) >= 11 is 0. The number of benzene rings is 1. The number of aryl methyl sites for hydroxylation is 2. The highest BCUT2D eigenvalue weighted by molar-refractivity contribution is 5.72. The summed E-state index contributed by atoms with van der Waals surface area (Å²) in [7, 11) is 2.01. The van der Waals surface area contributed by atoms with E-state index in [1.807, 2.05) is 19.2 Å². The van der Waals surface area contributed by atoms with Gasteiger partial charge in [0, 0.05) is 19.5 Å². The summed E-state index contributed by atoms with van der Waals surface area (Å²) < 4.78 is 8.10. The second-order valence-corrected chi connectivity index (χ2v) is 7.67. The highest BCUT2D eigenvalue weighted by atomic mass is 16.5. The normalized spacial score (nSPS) is 19.6. The van der Waals surface area contributed by atoms with E-state index in [2.05, 4.69) is 40.7 Å². The molecule has 3 aromatic rings. The molecule has 146 valence electrons. The largest absolute Gasteiger partial charge is 0.481 e. The summed E-state index contributed by atoms with van der Waals surface area (Å²) in [6.07, 6.45) is 3.59. The van der Waals surface area contributed by atoms with Gasteiger partial charge in [-0.1, -0.05) is 29.8 Å². The van der Waals surface area contributed by atoms with Crippen LogP contribution in [0.1, 0.15) is 42.6 Å². The SMILES string of the molecule is Cc1cccc(Cc2nc3nc(O[C@H]4CC[C@@H](C(=O)O)CC4)ccc3n2C)c1. The van der Waals surface area contributed by atoms with Crippen LogP contribution >= 0.6 is 0 Å². The molecule has 0 spiro atoms. The lowest BCUT2D eigenvalue weighted by Gasteiger charge is -2.26. The molecule has 0 radical (unpaired) electrons. The third kappa shape index (κ3) is 3.86. The van der Waals surface area contributed by atoms with E-state index in [0.29, 0.717) is 24.4 Å². The van der Waals surface area contributed by atoms with Crippen molar-refractivity contribution < 1.29 is 14.6 Å². The molecule has 1 aliphatic carbocycles. The fraction of sp³-hybridized carbons (Fsp3) is 0.409. The van der Waals surface area contributed by atoms with E-state index >= 15 is 0 Å². The van der Waals surface area contributed by atoms with Gasteiger partial charge in [-0.25, -0.2) is 4.98 Å². The molecule has 1 aromatic carbocycles. The first-order chi connectivity index (χ1) is 13.5. The number of hydrogen-bond acceptors (Lipinski definition) is 4. The van der Waals surface area contributed by atoms with E-state index in [1.54, 1.807) is 0 Å². The molecule has 0 aliphatic heterocycles. The van der Waals surface area contributed by atoms with Crippen molar-refractivity contribution in [3.63, 3.8) is 0 Å². The minimum atomic E-state index is -0.701. The zero-order chi connectivity index (χ0) is 19.7. The van der Waals surface area contributed by atoms with Crippen LogP contribution in [0.4, 0.5) is 0 Å².